The summed E-state index contributed by atoms with van der Waals surface area (Å²) < 4.78 is 8.97. The first-order valence-electron chi connectivity index (χ1n) is 13.9. The lowest BCUT2D eigenvalue weighted by atomic mass is 9.91. The molecule has 0 radical (unpaired) electrons. The Morgan fingerprint density at radius 3 is 2.67 bits per heavy atom. The Kier molecular flexibility index (Phi) is 8.40. The highest BCUT2D eigenvalue weighted by molar-refractivity contribution is 5.85. The van der Waals surface area contributed by atoms with Gasteiger partial charge < -0.3 is 15.4 Å². The van der Waals surface area contributed by atoms with Gasteiger partial charge in [-0.1, -0.05) is 42.8 Å². The first-order valence-corrected chi connectivity index (χ1v) is 13.9. The number of aromatic nitrogens is 6. The first-order chi connectivity index (χ1) is 19.5. The van der Waals surface area contributed by atoms with Crippen LogP contribution in [-0.2, 0) is 31.2 Å². The van der Waals surface area contributed by atoms with Crippen molar-refractivity contribution in [1.82, 2.24) is 34.8 Å². The normalized spacial score (nSPS) is 13.2. The first kappa shape index (κ1) is 27.3. The Bertz CT molecular complexity index is 1530. The predicted molar refractivity (Wildman–Crippen MR) is 160 cm³/mol. The van der Waals surface area contributed by atoms with E-state index in [1.165, 1.54) is 16.7 Å². The van der Waals surface area contributed by atoms with E-state index in [0.29, 0.717) is 24.9 Å². The molecule has 1 aliphatic rings. The minimum Gasteiger partial charge on any atom is -0.391 e. The quantitative estimate of drug-likeness (QED) is 0.242. The molecule has 1 aliphatic carbocycles. The maximum atomic E-state index is 5.15. The number of fused-ring (bicyclic) bond motifs is 3. The second-order valence-corrected chi connectivity index (χ2v) is 10.0. The lowest BCUT2D eigenvalue weighted by molar-refractivity contribution is 0.183. The van der Waals surface area contributed by atoms with Gasteiger partial charge in [-0.25, -0.2) is 9.97 Å². The van der Waals surface area contributed by atoms with Gasteiger partial charge >= 0.3 is 0 Å². The molecule has 0 atom stereocenters. The molecule has 5 rings (SSSR count). The van der Waals surface area contributed by atoms with Crippen molar-refractivity contribution in [2.45, 2.75) is 46.6 Å². The summed E-state index contributed by atoms with van der Waals surface area (Å²) in [5.74, 6) is 1.22. The standard InChI is InChI=1S/C31H38N8O/c1-6-21(3)18-25(19-32-7-2)22-8-10-23(11-9-22)30-28-26(36-38(30)4)13-12-24-20-33-31(35-29(24)28)34-27-14-15-39(37-27)16-17-40-5/h8-11,14-15,18-20,32H,6-7,12-13,16-17H2,1-5H3,(H,33,34,35,37)/b21-18+,25-19+. The fraction of sp³-hybridized carbons (Fsp3) is 0.355. The van der Waals surface area contributed by atoms with Crippen LogP contribution < -0.4 is 10.6 Å². The molecule has 9 heteroatoms. The van der Waals surface area contributed by atoms with Crippen molar-refractivity contribution in [2.24, 2.45) is 7.05 Å². The maximum Gasteiger partial charge on any atom is 0.228 e. The number of hydrogen-bond donors (Lipinski definition) is 2. The van der Waals surface area contributed by atoms with E-state index in [4.69, 9.17) is 14.8 Å². The molecule has 40 heavy (non-hydrogen) atoms. The van der Waals surface area contributed by atoms with Gasteiger partial charge in [0.2, 0.25) is 5.95 Å². The number of benzene rings is 1. The van der Waals surface area contributed by atoms with Gasteiger partial charge in [-0.05, 0) is 49.8 Å². The number of anilines is 2. The Morgan fingerprint density at radius 2 is 1.93 bits per heavy atom. The monoisotopic (exact) mass is 538 g/mol. The third kappa shape index (κ3) is 5.84. The molecule has 0 bridgehead atoms. The Hall–Kier alpha value is -4.24. The van der Waals surface area contributed by atoms with Crippen molar-refractivity contribution in [3.05, 3.63) is 77.4 Å². The summed E-state index contributed by atoms with van der Waals surface area (Å²) in [5, 5.41) is 16.1. The average molecular weight is 539 g/mol. The fourth-order valence-corrected chi connectivity index (χ4v) is 4.91. The molecule has 4 aromatic rings. The van der Waals surface area contributed by atoms with E-state index in [1.807, 2.05) is 34.9 Å². The molecule has 0 saturated carbocycles. The van der Waals surface area contributed by atoms with Crippen LogP contribution in [-0.4, -0.2) is 49.8 Å². The molecule has 3 aromatic heterocycles. The van der Waals surface area contributed by atoms with E-state index in [-0.39, 0.29) is 0 Å². The predicted octanol–water partition coefficient (Wildman–Crippen LogP) is 5.54. The van der Waals surface area contributed by atoms with Crippen LogP contribution in [0.25, 0.3) is 28.1 Å². The zero-order chi connectivity index (χ0) is 28.1. The van der Waals surface area contributed by atoms with Gasteiger partial charge in [-0.15, -0.1) is 0 Å². The molecule has 0 fully saturated rings. The van der Waals surface area contributed by atoms with Crippen LogP contribution in [0.15, 0.2) is 60.6 Å². The number of allylic oxidation sites excluding steroid dienone is 3. The molecule has 0 saturated heterocycles. The summed E-state index contributed by atoms with van der Waals surface area (Å²) in [6.45, 7) is 8.64. The van der Waals surface area contributed by atoms with Crippen LogP contribution >= 0.6 is 0 Å². The van der Waals surface area contributed by atoms with Crippen molar-refractivity contribution in [1.29, 1.82) is 0 Å². The molecule has 0 unspecified atom stereocenters. The van der Waals surface area contributed by atoms with Gasteiger partial charge in [-0.2, -0.15) is 10.2 Å². The number of methoxy groups -OCH3 is 1. The third-order valence-electron chi connectivity index (χ3n) is 7.17. The fourth-order valence-electron chi connectivity index (χ4n) is 4.91. The molecule has 0 spiro atoms. The Morgan fingerprint density at radius 1 is 1.10 bits per heavy atom. The van der Waals surface area contributed by atoms with Crippen molar-refractivity contribution >= 4 is 17.3 Å². The summed E-state index contributed by atoms with van der Waals surface area (Å²) in [7, 11) is 3.70. The van der Waals surface area contributed by atoms with Crippen molar-refractivity contribution in [3.8, 4) is 22.5 Å². The second-order valence-electron chi connectivity index (χ2n) is 10.0. The Labute approximate surface area is 236 Å². The molecule has 9 nitrogen and oxygen atoms in total. The number of rotatable bonds is 11. The van der Waals surface area contributed by atoms with Gasteiger partial charge in [0.05, 0.1) is 30.2 Å². The van der Waals surface area contributed by atoms with Crippen LogP contribution in [0.3, 0.4) is 0 Å². The topological polar surface area (TPSA) is 94.7 Å². The van der Waals surface area contributed by atoms with Crippen molar-refractivity contribution in [3.63, 3.8) is 0 Å². The van der Waals surface area contributed by atoms with E-state index in [0.717, 1.165) is 59.6 Å². The molecule has 3 heterocycles. The van der Waals surface area contributed by atoms with Gasteiger partial charge in [0.15, 0.2) is 5.82 Å². The van der Waals surface area contributed by atoms with Crippen LogP contribution in [0, 0.1) is 0 Å². The summed E-state index contributed by atoms with van der Waals surface area (Å²) in [4.78, 5) is 9.55. The van der Waals surface area contributed by atoms with Crippen LogP contribution in [0.5, 0.6) is 0 Å². The van der Waals surface area contributed by atoms with E-state index in [1.54, 1.807) is 7.11 Å². The highest BCUT2D eigenvalue weighted by Crippen LogP contribution is 2.40. The van der Waals surface area contributed by atoms with Gasteiger partial charge in [0.25, 0.3) is 0 Å². The lowest BCUT2D eigenvalue weighted by Gasteiger charge is -2.17. The summed E-state index contributed by atoms with van der Waals surface area (Å²) in [5.41, 5.74) is 10.1. The minimum absolute atomic E-state index is 0.519. The third-order valence-corrected chi connectivity index (χ3v) is 7.17. The number of nitrogens with zero attached hydrogens (tertiary/aromatic N) is 6. The summed E-state index contributed by atoms with van der Waals surface area (Å²) >= 11 is 0. The number of ether oxygens (including phenoxy) is 1. The maximum absolute atomic E-state index is 5.15. The number of hydrogen-bond acceptors (Lipinski definition) is 7. The van der Waals surface area contributed by atoms with Gasteiger partial charge in [-0.3, -0.25) is 9.36 Å². The summed E-state index contributed by atoms with van der Waals surface area (Å²) in [6, 6.07) is 10.7. The lowest BCUT2D eigenvalue weighted by Crippen LogP contribution is -2.09. The van der Waals surface area contributed by atoms with E-state index in [2.05, 4.69) is 78.0 Å². The molecule has 0 aliphatic heterocycles. The summed E-state index contributed by atoms with van der Waals surface area (Å²) in [6.07, 6.45) is 11.0. The number of nitrogens with one attached hydrogen (secondary N) is 2. The zero-order valence-electron chi connectivity index (χ0n) is 24.0. The second kappa shape index (κ2) is 12.3. The highest BCUT2D eigenvalue weighted by Gasteiger charge is 2.27. The molecule has 1 aromatic carbocycles. The van der Waals surface area contributed by atoms with Crippen LogP contribution in [0.1, 0.15) is 44.0 Å². The van der Waals surface area contributed by atoms with Crippen molar-refractivity contribution < 1.29 is 4.74 Å². The largest absolute Gasteiger partial charge is 0.391 e. The van der Waals surface area contributed by atoms with Gasteiger partial charge in [0, 0.05) is 56.5 Å². The minimum atomic E-state index is 0.519. The van der Waals surface area contributed by atoms with E-state index >= 15 is 0 Å². The van der Waals surface area contributed by atoms with Crippen LogP contribution in [0.4, 0.5) is 11.8 Å². The molecular weight excluding hydrogens is 500 g/mol. The number of aryl methyl sites for hydroxylation is 3. The molecule has 2 N–H and O–H groups in total. The average Bonchev–Trinajstić information content (AvgIpc) is 3.57. The molecule has 208 valence electrons. The zero-order valence-corrected chi connectivity index (χ0v) is 24.0. The highest BCUT2D eigenvalue weighted by atomic mass is 16.5. The van der Waals surface area contributed by atoms with Crippen molar-refractivity contribution in [2.75, 3.05) is 25.6 Å². The van der Waals surface area contributed by atoms with E-state index in [9.17, 15) is 0 Å². The Balaban J connectivity index is 1.47. The molecular formula is C31H38N8O. The molecule has 0 amide bonds. The SMILES string of the molecule is CCN/C=C(\C=C(/C)CC)c1ccc(-c2c3c(nn2C)CCc2cnc(Nc4ccn(CCOC)n4)nc2-3)cc1. The van der Waals surface area contributed by atoms with Gasteiger partial charge in [0.1, 0.15) is 0 Å². The van der Waals surface area contributed by atoms with E-state index < -0.39 is 0 Å². The van der Waals surface area contributed by atoms with Crippen LogP contribution in [0.2, 0.25) is 0 Å². The smallest absolute Gasteiger partial charge is 0.228 e.